The summed E-state index contributed by atoms with van der Waals surface area (Å²) in [5.41, 5.74) is 2.55. The molecule has 1 amide bonds. The minimum Gasteiger partial charge on any atom is -0.507 e. The second-order valence-electron chi connectivity index (χ2n) is 8.89. The second-order valence-corrected chi connectivity index (χ2v) is 9.29. The van der Waals surface area contributed by atoms with Crippen molar-refractivity contribution in [2.24, 2.45) is 0 Å². The Labute approximate surface area is 237 Å². The second kappa shape index (κ2) is 12.3. The van der Waals surface area contributed by atoms with E-state index in [4.69, 9.17) is 16.3 Å². The highest BCUT2D eigenvalue weighted by Gasteiger charge is 2.31. The van der Waals surface area contributed by atoms with Crippen LogP contribution in [0.1, 0.15) is 15.9 Å². The van der Waals surface area contributed by atoms with Crippen LogP contribution in [-0.2, 0) is 16.0 Å². The minimum absolute atomic E-state index is 0.0178. The summed E-state index contributed by atoms with van der Waals surface area (Å²) < 4.78 is 60.1. The topological polar surface area (TPSA) is 84.9 Å². The summed E-state index contributed by atoms with van der Waals surface area (Å²) in [6.45, 7) is 0. The first-order chi connectivity index (χ1) is 19.4. The predicted molar refractivity (Wildman–Crippen MR) is 144 cm³/mol. The Morgan fingerprint density at radius 1 is 0.902 bits per heavy atom. The normalized spacial score (nSPS) is 12.0. The third-order valence-corrected chi connectivity index (χ3v) is 6.37. The van der Waals surface area contributed by atoms with E-state index in [0.717, 1.165) is 7.11 Å². The number of phenols is 1. The van der Waals surface area contributed by atoms with E-state index in [0.29, 0.717) is 27.8 Å². The van der Waals surface area contributed by atoms with Crippen LogP contribution < -0.4 is 10.1 Å². The molecule has 41 heavy (non-hydrogen) atoms. The fourth-order valence-electron chi connectivity index (χ4n) is 4.09. The van der Waals surface area contributed by atoms with Crippen molar-refractivity contribution in [2.45, 2.75) is 18.8 Å². The number of benzene rings is 4. The van der Waals surface area contributed by atoms with Crippen LogP contribution in [0.5, 0.6) is 11.5 Å². The molecule has 0 fully saturated rings. The maximum Gasteiger partial charge on any atom is 0.573 e. The summed E-state index contributed by atoms with van der Waals surface area (Å²) in [4.78, 5) is 25.6. The summed E-state index contributed by atoms with van der Waals surface area (Å²) in [6, 6.07) is 19.2. The number of ether oxygens (including phenoxy) is 2. The van der Waals surface area contributed by atoms with Gasteiger partial charge in [-0.3, -0.25) is 4.79 Å². The van der Waals surface area contributed by atoms with Gasteiger partial charge >= 0.3 is 12.3 Å². The fraction of sp³-hybridized carbons (Fsp3) is 0.133. The van der Waals surface area contributed by atoms with Gasteiger partial charge in [-0.2, -0.15) is 0 Å². The first-order valence-electron chi connectivity index (χ1n) is 12.1. The lowest BCUT2D eigenvalue weighted by Crippen LogP contribution is -2.43. The lowest BCUT2D eigenvalue weighted by molar-refractivity contribution is -0.274. The Kier molecular flexibility index (Phi) is 8.83. The number of carbonyl (C=O) groups is 2. The molecule has 212 valence electrons. The van der Waals surface area contributed by atoms with Crippen molar-refractivity contribution in [3.63, 3.8) is 0 Å². The van der Waals surface area contributed by atoms with Gasteiger partial charge in [0.05, 0.1) is 17.7 Å². The van der Waals surface area contributed by atoms with E-state index in [1.807, 2.05) is 0 Å². The molecule has 0 saturated heterocycles. The number of aromatic hydroxyl groups is 1. The predicted octanol–water partition coefficient (Wildman–Crippen LogP) is 6.93. The SMILES string of the molecule is COC(=O)[C@H](Cc1ccc(-c2cccc(OC(F)(F)F)c2)cc1)NC(=O)c1cc(-c2ccc(F)c(Cl)c2)ccc1O. The highest BCUT2D eigenvalue weighted by atomic mass is 35.5. The van der Waals surface area contributed by atoms with Crippen LogP contribution in [0.25, 0.3) is 22.3 Å². The molecule has 11 heteroatoms. The van der Waals surface area contributed by atoms with Crippen molar-refractivity contribution >= 4 is 23.5 Å². The summed E-state index contributed by atoms with van der Waals surface area (Å²) in [6.07, 6.45) is -4.80. The number of alkyl halides is 3. The molecule has 0 saturated carbocycles. The highest BCUT2D eigenvalue weighted by molar-refractivity contribution is 6.31. The third kappa shape index (κ3) is 7.55. The first kappa shape index (κ1) is 29.4. The van der Waals surface area contributed by atoms with Crippen molar-refractivity contribution in [1.29, 1.82) is 0 Å². The molecule has 4 aromatic carbocycles. The number of phenolic OH excluding ortho intramolecular Hbond substituents is 1. The average Bonchev–Trinajstić information content (AvgIpc) is 2.93. The smallest absolute Gasteiger partial charge is 0.507 e. The van der Waals surface area contributed by atoms with Gasteiger partial charge in [-0.15, -0.1) is 13.2 Å². The summed E-state index contributed by atoms with van der Waals surface area (Å²) >= 11 is 5.87. The molecular formula is C30H22ClF4NO5. The number of hydrogen-bond donors (Lipinski definition) is 2. The van der Waals surface area contributed by atoms with Gasteiger partial charge in [0.2, 0.25) is 0 Å². The van der Waals surface area contributed by atoms with Gasteiger partial charge in [0.1, 0.15) is 23.4 Å². The Bertz CT molecular complexity index is 1570. The zero-order chi connectivity index (χ0) is 29.7. The zero-order valence-corrected chi connectivity index (χ0v) is 22.1. The molecule has 2 N–H and O–H groups in total. The lowest BCUT2D eigenvalue weighted by atomic mass is 9.99. The van der Waals surface area contributed by atoms with Crippen LogP contribution in [0.3, 0.4) is 0 Å². The van der Waals surface area contributed by atoms with E-state index in [1.165, 1.54) is 54.6 Å². The van der Waals surface area contributed by atoms with Crippen molar-refractivity contribution < 1.29 is 41.7 Å². The minimum atomic E-state index is -4.82. The number of rotatable bonds is 8. The maximum absolute atomic E-state index is 13.6. The van der Waals surface area contributed by atoms with Gasteiger partial charge < -0.3 is 19.9 Å². The molecule has 0 aliphatic carbocycles. The largest absolute Gasteiger partial charge is 0.573 e. The van der Waals surface area contributed by atoms with Crippen LogP contribution in [0.4, 0.5) is 17.6 Å². The van der Waals surface area contributed by atoms with Crippen molar-refractivity contribution in [2.75, 3.05) is 7.11 Å². The first-order valence-corrected chi connectivity index (χ1v) is 12.4. The Balaban J connectivity index is 1.52. The molecule has 0 spiro atoms. The lowest BCUT2D eigenvalue weighted by Gasteiger charge is -2.18. The van der Waals surface area contributed by atoms with E-state index in [9.17, 15) is 32.3 Å². The Morgan fingerprint density at radius 2 is 1.54 bits per heavy atom. The number of carbonyl (C=O) groups excluding carboxylic acids is 2. The molecule has 4 aromatic rings. The van der Waals surface area contributed by atoms with Gasteiger partial charge in [-0.25, -0.2) is 9.18 Å². The van der Waals surface area contributed by atoms with Crippen LogP contribution >= 0.6 is 11.6 Å². The number of halogens is 5. The van der Waals surface area contributed by atoms with Crippen molar-refractivity contribution in [3.05, 3.63) is 107 Å². The molecular weight excluding hydrogens is 566 g/mol. The third-order valence-electron chi connectivity index (χ3n) is 6.08. The van der Waals surface area contributed by atoms with E-state index < -0.39 is 30.1 Å². The van der Waals surface area contributed by atoms with E-state index in [1.54, 1.807) is 30.3 Å². The maximum atomic E-state index is 13.6. The fourth-order valence-corrected chi connectivity index (χ4v) is 4.27. The van der Waals surface area contributed by atoms with E-state index in [2.05, 4.69) is 10.1 Å². The number of esters is 1. The molecule has 0 heterocycles. The summed E-state index contributed by atoms with van der Waals surface area (Å²) in [5, 5.41) is 12.8. The molecule has 0 aromatic heterocycles. The molecule has 0 aliphatic heterocycles. The molecule has 6 nitrogen and oxygen atoms in total. The van der Waals surface area contributed by atoms with Crippen molar-refractivity contribution in [1.82, 2.24) is 5.32 Å². The zero-order valence-electron chi connectivity index (χ0n) is 21.3. The Hall–Kier alpha value is -4.57. The number of nitrogens with one attached hydrogen (secondary N) is 1. The number of amides is 1. The number of methoxy groups -OCH3 is 1. The number of hydrogen-bond acceptors (Lipinski definition) is 5. The summed E-state index contributed by atoms with van der Waals surface area (Å²) in [5.74, 6) is -2.80. The molecule has 0 aliphatic rings. The molecule has 0 bridgehead atoms. The summed E-state index contributed by atoms with van der Waals surface area (Å²) in [7, 11) is 1.16. The molecule has 1 atom stereocenters. The molecule has 0 radical (unpaired) electrons. The Morgan fingerprint density at radius 3 is 2.20 bits per heavy atom. The average molecular weight is 588 g/mol. The van der Waals surface area contributed by atoms with Gasteiger partial charge in [0, 0.05) is 6.42 Å². The van der Waals surface area contributed by atoms with Crippen LogP contribution in [0, 0.1) is 5.82 Å². The van der Waals surface area contributed by atoms with Crippen molar-refractivity contribution in [3.8, 4) is 33.8 Å². The van der Waals surface area contributed by atoms with Crippen LogP contribution in [0.15, 0.2) is 84.9 Å². The van der Waals surface area contributed by atoms with Gasteiger partial charge in [-0.1, -0.05) is 60.1 Å². The van der Waals surface area contributed by atoms with Crippen LogP contribution in [-0.4, -0.2) is 36.5 Å². The standard InChI is InChI=1S/C30H22ClF4NO5/c1-40-29(39)26(13-17-5-7-18(8-6-17)19-3-2-4-22(14-19)41-30(33,34)35)36-28(38)23-15-20(10-12-27(23)37)21-9-11-25(32)24(31)16-21/h2-12,14-16,26,37H,13H2,1H3,(H,36,38)/t26-/m0/s1. The molecule has 0 unspecified atom stereocenters. The monoisotopic (exact) mass is 587 g/mol. The van der Waals surface area contributed by atoms with Gasteiger partial charge in [-0.05, 0) is 64.2 Å². The van der Waals surface area contributed by atoms with Gasteiger partial charge in [0.15, 0.2) is 0 Å². The van der Waals surface area contributed by atoms with Crippen LogP contribution in [0.2, 0.25) is 5.02 Å². The van der Waals surface area contributed by atoms with E-state index in [-0.39, 0.29) is 28.5 Å². The molecule has 4 rings (SSSR count). The van der Waals surface area contributed by atoms with Gasteiger partial charge in [0.25, 0.3) is 5.91 Å². The highest BCUT2D eigenvalue weighted by Crippen LogP contribution is 2.30. The quantitative estimate of drug-likeness (QED) is 0.172. The van der Waals surface area contributed by atoms with E-state index >= 15 is 0 Å².